The average molecular weight is 376 g/mol. The van der Waals surface area contributed by atoms with E-state index in [1.165, 1.54) is 5.56 Å². The van der Waals surface area contributed by atoms with Gasteiger partial charge in [0.2, 0.25) is 0 Å². The van der Waals surface area contributed by atoms with Gasteiger partial charge in [0, 0.05) is 13.1 Å². The van der Waals surface area contributed by atoms with Crippen molar-refractivity contribution in [2.75, 3.05) is 19.7 Å². The number of nitrogens with zero attached hydrogens (tertiary/aromatic N) is 1. The Morgan fingerprint density at radius 3 is 2.37 bits per heavy atom. The molecule has 0 spiro atoms. The van der Waals surface area contributed by atoms with Gasteiger partial charge in [-0.15, -0.1) is 0 Å². The van der Waals surface area contributed by atoms with Gasteiger partial charge in [-0.3, -0.25) is 9.59 Å². The van der Waals surface area contributed by atoms with Gasteiger partial charge in [0.25, 0.3) is 5.91 Å². The maximum absolute atomic E-state index is 12.5. The number of carboxylic acids is 1. The van der Waals surface area contributed by atoms with Crippen molar-refractivity contribution in [3.8, 4) is 5.75 Å². The quantitative estimate of drug-likeness (QED) is 0.864. The summed E-state index contributed by atoms with van der Waals surface area (Å²) in [5.74, 6) is -0.739. The van der Waals surface area contributed by atoms with Crippen molar-refractivity contribution >= 4 is 11.9 Å². The topological polar surface area (TPSA) is 66.8 Å². The van der Waals surface area contributed by atoms with Crippen LogP contribution in [0.2, 0.25) is 0 Å². The van der Waals surface area contributed by atoms with E-state index in [1.807, 2.05) is 6.07 Å². The van der Waals surface area contributed by atoms with Crippen molar-refractivity contribution in [1.82, 2.24) is 4.90 Å². The van der Waals surface area contributed by atoms with Crippen molar-refractivity contribution in [3.05, 3.63) is 29.3 Å². The summed E-state index contributed by atoms with van der Waals surface area (Å²) in [6.07, 6.45) is 1.35. The lowest BCUT2D eigenvalue weighted by atomic mass is 9.80. The van der Waals surface area contributed by atoms with Gasteiger partial charge in [0.15, 0.2) is 6.61 Å². The lowest BCUT2D eigenvalue weighted by Gasteiger charge is -2.31. The summed E-state index contributed by atoms with van der Waals surface area (Å²) in [6.45, 7) is 13.7. The van der Waals surface area contributed by atoms with Gasteiger partial charge in [0.1, 0.15) is 5.75 Å². The molecule has 5 nitrogen and oxygen atoms in total. The van der Waals surface area contributed by atoms with Gasteiger partial charge in [-0.2, -0.15) is 0 Å². The van der Waals surface area contributed by atoms with Crippen LogP contribution in [0.3, 0.4) is 0 Å². The van der Waals surface area contributed by atoms with E-state index in [1.54, 1.807) is 4.90 Å². The van der Waals surface area contributed by atoms with Gasteiger partial charge >= 0.3 is 5.97 Å². The lowest BCUT2D eigenvalue weighted by Crippen LogP contribution is -2.44. The number of rotatable bonds is 4. The number of piperidine rings is 1. The number of amides is 1. The number of hydrogen-bond donors (Lipinski definition) is 1. The molecule has 0 saturated carbocycles. The minimum Gasteiger partial charge on any atom is -0.483 e. The Labute approximate surface area is 162 Å². The van der Waals surface area contributed by atoms with Crippen LogP contribution in [0.15, 0.2) is 18.2 Å². The Kier molecular flexibility index (Phi) is 6.23. The van der Waals surface area contributed by atoms with Crippen molar-refractivity contribution in [2.24, 2.45) is 5.92 Å². The highest BCUT2D eigenvalue weighted by Crippen LogP contribution is 2.35. The van der Waals surface area contributed by atoms with E-state index in [9.17, 15) is 14.7 Å². The number of aliphatic carboxylic acids is 1. The van der Waals surface area contributed by atoms with E-state index < -0.39 is 11.9 Å². The van der Waals surface area contributed by atoms with Crippen LogP contribution in [-0.4, -0.2) is 41.6 Å². The van der Waals surface area contributed by atoms with Crippen LogP contribution < -0.4 is 4.74 Å². The number of benzene rings is 1. The second kappa shape index (κ2) is 7.91. The SMILES string of the molecule is CC(C)(C)c1ccc(OCC(=O)N2CCCC(C(=O)O)C2)c(C(C)(C)C)c1. The van der Waals surface area contributed by atoms with E-state index in [4.69, 9.17) is 4.74 Å². The first-order chi connectivity index (χ1) is 12.4. The normalized spacial score (nSPS) is 18.3. The Morgan fingerprint density at radius 2 is 1.81 bits per heavy atom. The number of likely N-dealkylation sites (tertiary alicyclic amines) is 1. The van der Waals surface area contributed by atoms with Crippen molar-refractivity contribution < 1.29 is 19.4 Å². The molecule has 150 valence electrons. The number of ether oxygens (including phenoxy) is 1. The van der Waals surface area contributed by atoms with Gasteiger partial charge in [-0.05, 0) is 40.9 Å². The van der Waals surface area contributed by atoms with Crippen LogP contribution in [-0.2, 0) is 20.4 Å². The molecule has 5 heteroatoms. The van der Waals surface area contributed by atoms with Gasteiger partial charge in [-0.25, -0.2) is 0 Å². The molecule has 1 saturated heterocycles. The molecule has 0 aliphatic carbocycles. The van der Waals surface area contributed by atoms with E-state index in [0.29, 0.717) is 13.0 Å². The highest BCUT2D eigenvalue weighted by molar-refractivity contribution is 5.79. The van der Waals surface area contributed by atoms with Crippen LogP contribution in [0.4, 0.5) is 0 Å². The molecule has 2 rings (SSSR count). The van der Waals surface area contributed by atoms with Gasteiger partial charge in [-0.1, -0.05) is 53.7 Å². The molecule has 1 fully saturated rings. The molecule has 1 unspecified atom stereocenters. The van der Waals surface area contributed by atoms with Gasteiger partial charge in [0.05, 0.1) is 5.92 Å². The Bertz CT molecular complexity index is 697. The van der Waals surface area contributed by atoms with E-state index in [0.717, 1.165) is 17.7 Å². The van der Waals surface area contributed by atoms with Crippen molar-refractivity contribution in [2.45, 2.75) is 65.2 Å². The van der Waals surface area contributed by atoms with E-state index in [2.05, 4.69) is 53.7 Å². The summed E-state index contributed by atoms with van der Waals surface area (Å²) in [7, 11) is 0. The van der Waals surface area contributed by atoms with Crippen LogP contribution in [0.25, 0.3) is 0 Å². The third-order valence-electron chi connectivity index (χ3n) is 5.13. The van der Waals surface area contributed by atoms with Crippen molar-refractivity contribution in [1.29, 1.82) is 0 Å². The molecular formula is C22H33NO4. The minimum atomic E-state index is -0.832. The number of carbonyl (C=O) groups excluding carboxylic acids is 1. The van der Waals surface area contributed by atoms with Crippen LogP contribution >= 0.6 is 0 Å². The molecule has 1 aromatic carbocycles. The first-order valence-corrected chi connectivity index (χ1v) is 9.68. The molecule has 0 aromatic heterocycles. The van der Waals surface area contributed by atoms with E-state index in [-0.39, 0.29) is 29.9 Å². The predicted molar refractivity (Wildman–Crippen MR) is 106 cm³/mol. The molecule has 1 atom stereocenters. The summed E-state index contributed by atoms with van der Waals surface area (Å²) in [5, 5.41) is 9.19. The van der Waals surface area contributed by atoms with Crippen LogP contribution in [0.1, 0.15) is 65.5 Å². The molecule has 1 aliphatic heterocycles. The third-order valence-corrected chi connectivity index (χ3v) is 5.13. The first kappa shape index (κ1) is 21.3. The molecular weight excluding hydrogens is 342 g/mol. The fourth-order valence-corrected chi connectivity index (χ4v) is 3.34. The Balaban J connectivity index is 2.13. The fourth-order valence-electron chi connectivity index (χ4n) is 3.34. The highest BCUT2D eigenvalue weighted by Gasteiger charge is 2.29. The molecule has 1 aromatic rings. The second-order valence-electron chi connectivity index (χ2n) is 9.52. The standard InChI is InChI=1S/C22H33NO4/c1-21(2,3)16-9-10-18(17(12-16)22(4,5)6)27-14-19(24)23-11-7-8-15(13-23)20(25)26/h9-10,12,15H,7-8,11,13-14H2,1-6H3,(H,25,26). The second-order valence-corrected chi connectivity index (χ2v) is 9.52. The number of carbonyl (C=O) groups is 2. The Morgan fingerprint density at radius 1 is 1.15 bits per heavy atom. The smallest absolute Gasteiger partial charge is 0.308 e. The molecule has 1 heterocycles. The predicted octanol–water partition coefficient (Wildman–Crippen LogP) is 3.98. The molecule has 1 aliphatic rings. The zero-order chi connectivity index (χ0) is 20.4. The average Bonchev–Trinajstić information content (AvgIpc) is 2.58. The lowest BCUT2D eigenvalue weighted by molar-refractivity contribution is -0.146. The highest BCUT2D eigenvalue weighted by atomic mass is 16.5. The summed E-state index contributed by atoms with van der Waals surface area (Å²) in [4.78, 5) is 25.3. The molecule has 1 N–H and O–H groups in total. The summed E-state index contributed by atoms with van der Waals surface area (Å²) < 4.78 is 5.90. The third kappa shape index (κ3) is 5.47. The summed E-state index contributed by atoms with van der Waals surface area (Å²) in [5.41, 5.74) is 2.23. The fraction of sp³-hybridized carbons (Fsp3) is 0.636. The number of hydrogen-bond acceptors (Lipinski definition) is 3. The maximum Gasteiger partial charge on any atom is 0.308 e. The molecule has 27 heavy (non-hydrogen) atoms. The molecule has 1 amide bonds. The summed E-state index contributed by atoms with van der Waals surface area (Å²) in [6, 6.07) is 6.17. The monoisotopic (exact) mass is 375 g/mol. The van der Waals surface area contributed by atoms with Crippen LogP contribution in [0, 0.1) is 5.92 Å². The van der Waals surface area contributed by atoms with E-state index >= 15 is 0 Å². The minimum absolute atomic E-state index is 0.0357. The van der Waals surface area contributed by atoms with Crippen molar-refractivity contribution in [3.63, 3.8) is 0 Å². The molecule has 0 radical (unpaired) electrons. The van der Waals surface area contributed by atoms with Gasteiger partial charge < -0.3 is 14.7 Å². The summed E-state index contributed by atoms with van der Waals surface area (Å²) >= 11 is 0. The number of carboxylic acid groups (broad SMARTS) is 1. The molecule has 0 bridgehead atoms. The zero-order valence-electron chi connectivity index (χ0n) is 17.5. The van der Waals surface area contributed by atoms with Crippen LogP contribution in [0.5, 0.6) is 5.75 Å². The zero-order valence-corrected chi connectivity index (χ0v) is 17.5. The first-order valence-electron chi connectivity index (χ1n) is 9.68. The largest absolute Gasteiger partial charge is 0.483 e. The Hall–Kier alpha value is -2.04. The maximum atomic E-state index is 12.5.